The molecule has 293 valence electrons. The Morgan fingerprint density at radius 2 is 0.931 bits per heavy atom. The predicted octanol–water partition coefficient (Wildman–Crippen LogP) is 13.2. The van der Waals surface area contributed by atoms with Crippen molar-refractivity contribution in [3.05, 3.63) is 172 Å². The normalized spacial score (nSPS) is 18.7. The predicted molar refractivity (Wildman–Crippen MR) is 254 cm³/mol. The van der Waals surface area contributed by atoms with E-state index in [9.17, 15) is 17.2 Å². The second-order valence-corrected chi connectivity index (χ2v) is 48.3. The first kappa shape index (κ1) is 39.9. The second-order valence-electron chi connectivity index (χ2n) is 17.2. The molecule has 1 aliphatic heterocycles. The SMILES string of the molecule is CCc1ccccc1-c1cccc2c1C=C(C(C)CC)[CH]2[Hf]([Cl])([Cl])([c]1cccc2c1[SiH2]c1ccccc1-2)[CH]1C(C(C)CC)=Cc2c(-c3ccccc3CC)cccc21. The molecule has 4 atom stereocenters. The number of hydrogen-bond acceptors (Lipinski definition) is 0. The van der Waals surface area contributed by atoms with Gasteiger partial charge in [-0.2, -0.15) is 0 Å². The Morgan fingerprint density at radius 3 is 1.43 bits per heavy atom. The molecule has 0 saturated carbocycles. The van der Waals surface area contributed by atoms with Crippen LogP contribution in [-0.2, 0) is 29.0 Å². The van der Waals surface area contributed by atoms with Crippen molar-refractivity contribution in [2.75, 3.05) is 0 Å². The van der Waals surface area contributed by atoms with E-state index in [1.165, 1.54) is 91.6 Å². The van der Waals surface area contributed by atoms with Gasteiger partial charge in [-0.1, -0.05) is 0 Å². The average molecular weight is 982 g/mol. The Kier molecular flexibility index (Phi) is 10.7. The number of allylic oxidation sites excluding steroid dienone is 2. The van der Waals surface area contributed by atoms with Crippen LogP contribution in [0.2, 0.25) is 0 Å². The minimum atomic E-state index is -5.86. The van der Waals surface area contributed by atoms with Gasteiger partial charge in [-0.05, 0) is 0 Å². The summed E-state index contributed by atoms with van der Waals surface area (Å²) in [5, 5.41) is 2.99. The summed E-state index contributed by atoms with van der Waals surface area (Å²) in [5.41, 5.74) is 18.9. The molecule has 0 radical (unpaired) electrons. The number of rotatable bonds is 11. The summed E-state index contributed by atoms with van der Waals surface area (Å²) in [5.74, 6) is 0.621. The zero-order valence-electron chi connectivity index (χ0n) is 34.9. The van der Waals surface area contributed by atoms with Crippen LogP contribution in [-0.4, -0.2) is 9.52 Å². The van der Waals surface area contributed by atoms with Crippen molar-refractivity contribution in [2.24, 2.45) is 11.8 Å². The molecule has 1 heterocycles. The summed E-state index contributed by atoms with van der Waals surface area (Å²) in [6, 6.07) is 48.1. The van der Waals surface area contributed by atoms with Gasteiger partial charge in [0.1, 0.15) is 0 Å². The fraction of sp³-hybridized carbons (Fsp3) is 0.259. The first-order valence-electron chi connectivity index (χ1n) is 21.8. The first-order valence-corrected chi connectivity index (χ1v) is 38.0. The first-order chi connectivity index (χ1) is 28.1. The molecule has 58 heavy (non-hydrogen) atoms. The molecule has 0 spiro atoms. The topological polar surface area (TPSA) is 0 Å². The third-order valence-corrected chi connectivity index (χ3v) is 45.8. The van der Waals surface area contributed by atoms with E-state index in [2.05, 4.69) is 181 Å². The maximum absolute atomic E-state index is 9.45. The van der Waals surface area contributed by atoms with E-state index in [-0.39, 0.29) is 7.35 Å². The Bertz CT molecular complexity index is 2520. The molecule has 4 heteroatoms. The molecule has 3 aliphatic rings. The molecule has 0 saturated heterocycles. The van der Waals surface area contributed by atoms with Gasteiger partial charge in [-0.25, -0.2) is 0 Å². The van der Waals surface area contributed by atoms with Gasteiger partial charge in [0.05, 0.1) is 0 Å². The van der Waals surface area contributed by atoms with Gasteiger partial charge in [0.2, 0.25) is 0 Å². The molecular weight excluding hydrogens is 926 g/mol. The van der Waals surface area contributed by atoms with Gasteiger partial charge >= 0.3 is 360 Å². The monoisotopic (exact) mass is 981 g/mol. The van der Waals surface area contributed by atoms with Crippen LogP contribution in [0.15, 0.2) is 139 Å². The van der Waals surface area contributed by atoms with Crippen LogP contribution in [0.5, 0.6) is 0 Å². The second kappa shape index (κ2) is 15.5. The zero-order valence-corrected chi connectivity index (χ0v) is 41.4. The average Bonchev–Trinajstić information content (AvgIpc) is 3.98. The molecule has 0 fully saturated rings. The van der Waals surface area contributed by atoms with Gasteiger partial charge in [-0.15, -0.1) is 0 Å². The van der Waals surface area contributed by atoms with Crippen molar-refractivity contribution >= 4 is 52.5 Å². The van der Waals surface area contributed by atoms with Crippen LogP contribution in [0, 0.1) is 11.8 Å². The number of hydrogen-bond donors (Lipinski definition) is 0. The third-order valence-electron chi connectivity index (χ3n) is 14.4. The summed E-state index contributed by atoms with van der Waals surface area (Å²) in [7, 11) is 18.0. The molecule has 4 unspecified atom stereocenters. The summed E-state index contributed by atoms with van der Waals surface area (Å²) in [6.45, 7) is 14.0. The Morgan fingerprint density at radius 1 is 0.500 bits per heavy atom. The van der Waals surface area contributed by atoms with Gasteiger partial charge in [0.25, 0.3) is 0 Å². The van der Waals surface area contributed by atoms with Crippen LogP contribution in [0.3, 0.4) is 0 Å². The van der Waals surface area contributed by atoms with E-state index in [0.29, 0.717) is 11.8 Å². The van der Waals surface area contributed by atoms with E-state index >= 15 is 0 Å². The van der Waals surface area contributed by atoms with E-state index in [1.807, 2.05) is 0 Å². The summed E-state index contributed by atoms with van der Waals surface area (Å²) in [4.78, 5) is 0. The number of benzene rings is 6. The van der Waals surface area contributed by atoms with Crippen LogP contribution in [0.4, 0.5) is 0 Å². The summed E-state index contributed by atoms with van der Waals surface area (Å²) >= 11 is -5.86. The Hall–Kier alpha value is -3.53. The maximum atomic E-state index is 9.45. The molecule has 0 N–H and O–H groups in total. The molecule has 0 nitrogen and oxygen atoms in total. The molecule has 0 bridgehead atoms. The van der Waals surface area contributed by atoms with Crippen molar-refractivity contribution < 1.29 is 16.1 Å². The summed E-state index contributed by atoms with van der Waals surface area (Å²) < 4.78 is 1.15. The third kappa shape index (κ3) is 6.06. The van der Waals surface area contributed by atoms with Crippen LogP contribution < -0.4 is 13.7 Å². The molecule has 6 aromatic carbocycles. The Labute approximate surface area is 357 Å². The molecule has 2 aliphatic carbocycles. The van der Waals surface area contributed by atoms with Crippen LogP contribution in [0.1, 0.15) is 95.1 Å². The van der Waals surface area contributed by atoms with E-state index < -0.39 is 25.7 Å². The standard InChI is InChI=1S/2C21H23.C12H9Si.2ClH.Hf/c2*1-4-15(3)18-13-17-10-8-12-20(21(17)14-18)19-11-7-6-9-16(19)5-2;1-3-7-11-9(5-1)10-6-2-4-8-12(10)13-11;;;/h2*6-15H,4-5H2,1-3H3;1-7H,13H2;2*1H;/q;;;;;+2/p-2. The summed E-state index contributed by atoms with van der Waals surface area (Å²) in [6.07, 6.45) is 9.13. The van der Waals surface area contributed by atoms with Crippen LogP contribution >= 0.6 is 17.2 Å². The van der Waals surface area contributed by atoms with E-state index in [4.69, 9.17) is 0 Å². The van der Waals surface area contributed by atoms with Crippen molar-refractivity contribution in [1.82, 2.24) is 0 Å². The molecule has 6 aromatic rings. The van der Waals surface area contributed by atoms with Crippen LogP contribution in [0.25, 0.3) is 45.5 Å². The van der Waals surface area contributed by atoms with Gasteiger partial charge in [0, 0.05) is 0 Å². The van der Waals surface area contributed by atoms with E-state index in [1.54, 1.807) is 0 Å². The quantitative estimate of drug-likeness (QED) is 0.113. The Balaban J connectivity index is 1.40. The van der Waals surface area contributed by atoms with Gasteiger partial charge in [0.15, 0.2) is 0 Å². The van der Waals surface area contributed by atoms with Gasteiger partial charge < -0.3 is 0 Å². The minimum absolute atomic E-state index is 0.0850. The number of aryl methyl sites for hydroxylation is 2. The number of halogens is 2. The van der Waals surface area contributed by atoms with Crippen molar-refractivity contribution in [3.63, 3.8) is 0 Å². The molecule has 0 aromatic heterocycles. The van der Waals surface area contributed by atoms with Crippen molar-refractivity contribution in [3.8, 4) is 33.4 Å². The van der Waals surface area contributed by atoms with Crippen molar-refractivity contribution in [2.45, 2.75) is 74.6 Å². The molecular formula is C54H55Cl2HfSi. The fourth-order valence-corrected chi connectivity index (χ4v) is 50.2. The van der Waals surface area contributed by atoms with Gasteiger partial charge in [-0.3, -0.25) is 0 Å². The zero-order chi connectivity index (χ0) is 40.4. The molecule has 0 amide bonds. The fourth-order valence-electron chi connectivity index (χ4n) is 11.1. The molecule has 9 rings (SSSR count). The van der Waals surface area contributed by atoms with Crippen molar-refractivity contribution in [1.29, 1.82) is 0 Å². The number of fused-ring (bicyclic) bond motifs is 5. The van der Waals surface area contributed by atoms with E-state index in [0.717, 1.165) is 25.7 Å².